The quantitative estimate of drug-likeness (QED) is 0.294. The lowest BCUT2D eigenvalue weighted by Crippen LogP contribution is -2.39. The van der Waals surface area contributed by atoms with E-state index in [-0.39, 0.29) is 18.2 Å². The maximum Gasteiger partial charge on any atom is 0.416 e. The van der Waals surface area contributed by atoms with Crippen molar-refractivity contribution in [1.82, 2.24) is 9.88 Å². The highest BCUT2D eigenvalue weighted by atomic mass is 19.4. The number of alkyl halides is 6. The van der Waals surface area contributed by atoms with Crippen LogP contribution in [0.1, 0.15) is 94.1 Å². The maximum absolute atomic E-state index is 13.6. The van der Waals surface area contributed by atoms with Crippen LogP contribution in [0.3, 0.4) is 0 Å². The zero-order valence-corrected chi connectivity index (χ0v) is 24.6. The number of hydrogen-bond donors (Lipinski definition) is 0. The second-order valence-corrected chi connectivity index (χ2v) is 12.0. The summed E-state index contributed by atoms with van der Waals surface area (Å²) < 4.78 is 86.8. The molecule has 2 aromatic rings. The van der Waals surface area contributed by atoms with Gasteiger partial charge in [-0.3, -0.25) is 4.90 Å². The highest BCUT2D eigenvalue weighted by molar-refractivity contribution is 5.72. The van der Waals surface area contributed by atoms with Crippen LogP contribution in [0.25, 0.3) is 0 Å². The third-order valence-electron chi connectivity index (χ3n) is 9.11. The van der Waals surface area contributed by atoms with Crippen molar-refractivity contribution >= 4 is 17.6 Å². The second kappa shape index (κ2) is 12.1. The number of carbonyl (C=O) groups excluding carboxylic acids is 1. The fraction of sp³-hybridized carbons (Fsp3) is 0.613. The fourth-order valence-electron chi connectivity index (χ4n) is 6.80. The van der Waals surface area contributed by atoms with Crippen LogP contribution in [0.4, 0.5) is 42.6 Å². The zero-order valence-electron chi connectivity index (χ0n) is 24.6. The molecule has 236 valence electrons. The van der Waals surface area contributed by atoms with Crippen molar-refractivity contribution < 1.29 is 35.9 Å². The molecule has 2 aliphatic heterocycles. The maximum atomic E-state index is 13.6. The molecule has 6 nitrogen and oxygen atoms in total. The van der Waals surface area contributed by atoms with Crippen LogP contribution in [-0.2, 0) is 23.6 Å². The van der Waals surface area contributed by atoms with Crippen molar-refractivity contribution in [3.8, 4) is 0 Å². The summed E-state index contributed by atoms with van der Waals surface area (Å²) in [5.74, 6) is 0.742. The lowest BCUT2D eigenvalue weighted by molar-refractivity contribution is -0.143. The van der Waals surface area contributed by atoms with Gasteiger partial charge in [0.1, 0.15) is 11.9 Å². The Kier molecular flexibility index (Phi) is 8.77. The van der Waals surface area contributed by atoms with Crippen molar-refractivity contribution in [2.75, 3.05) is 22.9 Å². The van der Waals surface area contributed by atoms with Gasteiger partial charge in [-0.2, -0.15) is 26.3 Å². The summed E-state index contributed by atoms with van der Waals surface area (Å²) in [7, 11) is 0. The van der Waals surface area contributed by atoms with E-state index in [0.29, 0.717) is 30.8 Å². The molecule has 0 radical (unpaired) electrons. The van der Waals surface area contributed by atoms with Crippen LogP contribution < -0.4 is 9.80 Å². The number of hydrogen-bond acceptors (Lipinski definition) is 5. The van der Waals surface area contributed by atoms with Crippen molar-refractivity contribution in [1.29, 1.82) is 0 Å². The number of amides is 1. The van der Waals surface area contributed by atoms with Gasteiger partial charge in [0, 0.05) is 30.7 Å². The number of rotatable bonds is 7. The third-order valence-corrected chi connectivity index (χ3v) is 9.11. The Morgan fingerprint density at radius 3 is 2.14 bits per heavy atom. The summed E-state index contributed by atoms with van der Waals surface area (Å²) >= 11 is 0. The summed E-state index contributed by atoms with van der Waals surface area (Å²) in [5, 5.41) is 0. The number of halogens is 6. The molecule has 3 aliphatic rings. The smallest absolute Gasteiger partial charge is 0.416 e. The normalized spacial score (nSPS) is 23.7. The molecule has 1 aromatic heterocycles. The lowest BCUT2D eigenvalue weighted by atomic mass is 9.94. The van der Waals surface area contributed by atoms with Gasteiger partial charge < -0.3 is 14.5 Å². The molecule has 1 saturated carbocycles. The molecule has 43 heavy (non-hydrogen) atoms. The van der Waals surface area contributed by atoms with Crippen LogP contribution in [0.5, 0.6) is 0 Å². The molecular formula is C31H38F6N4O2. The van der Waals surface area contributed by atoms with Gasteiger partial charge in [0.2, 0.25) is 0 Å². The molecule has 1 aromatic carbocycles. The molecule has 2 saturated heterocycles. The minimum absolute atomic E-state index is 0.0587. The van der Waals surface area contributed by atoms with Gasteiger partial charge in [0.05, 0.1) is 35.6 Å². The largest absolute Gasteiger partial charge is 0.439 e. The van der Waals surface area contributed by atoms with Crippen LogP contribution in [0.15, 0.2) is 30.5 Å². The predicted molar refractivity (Wildman–Crippen MR) is 151 cm³/mol. The summed E-state index contributed by atoms with van der Waals surface area (Å²) in [5.41, 5.74) is -1.53. The van der Waals surface area contributed by atoms with Crippen molar-refractivity contribution in [2.24, 2.45) is 0 Å². The molecule has 0 bridgehead atoms. The number of anilines is 2. The van der Waals surface area contributed by atoms with E-state index in [1.54, 1.807) is 6.92 Å². The van der Waals surface area contributed by atoms with Gasteiger partial charge in [-0.05, 0) is 76.3 Å². The Morgan fingerprint density at radius 2 is 1.58 bits per heavy atom. The molecule has 5 rings (SSSR count). The molecule has 1 aliphatic carbocycles. The van der Waals surface area contributed by atoms with Gasteiger partial charge in [0.25, 0.3) is 0 Å². The van der Waals surface area contributed by atoms with E-state index in [9.17, 15) is 31.1 Å². The van der Waals surface area contributed by atoms with E-state index >= 15 is 0 Å². The topological polar surface area (TPSA) is 48.9 Å². The van der Waals surface area contributed by atoms with E-state index in [0.717, 1.165) is 62.1 Å². The highest BCUT2D eigenvalue weighted by Gasteiger charge is 2.44. The SMILES string of the molecule is CCN(c1ncc(N2CCCC2C)cc1CN1C(=O)OC(c2cc(C(F)(F)F)cc(C(F)(F)F)c2)C1C)C1CCCCC1. The van der Waals surface area contributed by atoms with E-state index in [4.69, 9.17) is 9.72 Å². The fourth-order valence-corrected chi connectivity index (χ4v) is 6.80. The molecular weight excluding hydrogens is 574 g/mol. The van der Waals surface area contributed by atoms with Gasteiger partial charge in [-0.1, -0.05) is 19.3 Å². The van der Waals surface area contributed by atoms with Crippen molar-refractivity contribution in [2.45, 2.75) is 109 Å². The lowest BCUT2D eigenvalue weighted by Gasteiger charge is -2.36. The first-order valence-corrected chi connectivity index (χ1v) is 15.1. The van der Waals surface area contributed by atoms with Gasteiger partial charge in [-0.15, -0.1) is 0 Å². The summed E-state index contributed by atoms with van der Waals surface area (Å²) in [6.45, 7) is 7.44. The number of carbonyl (C=O) groups is 1. The first-order chi connectivity index (χ1) is 20.3. The first-order valence-electron chi connectivity index (χ1n) is 15.1. The predicted octanol–water partition coefficient (Wildman–Crippen LogP) is 8.35. The molecule has 0 N–H and O–H groups in total. The second-order valence-electron chi connectivity index (χ2n) is 12.0. The van der Waals surface area contributed by atoms with E-state index in [1.807, 2.05) is 12.3 Å². The Morgan fingerprint density at radius 1 is 0.930 bits per heavy atom. The summed E-state index contributed by atoms with van der Waals surface area (Å²) in [4.78, 5) is 24.0. The van der Waals surface area contributed by atoms with Gasteiger partial charge in [-0.25, -0.2) is 9.78 Å². The molecule has 1 amide bonds. The number of pyridine rings is 1. The van der Waals surface area contributed by atoms with E-state index < -0.39 is 41.7 Å². The van der Waals surface area contributed by atoms with E-state index in [1.165, 1.54) is 11.3 Å². The van der Waals surface area contributed by atoms with E-state index in [2.05, 4.69) is 23.6 Å². The van der Waals surface area contributed by atoms with Crippen LogP contribution in [-0.4, -0.2) is 47.2 Å². The molecule has 12 heteroatoms. The van der Waals surface area contributed by atoms with Crippen LogP contribution in [0.2, 0.25) is 0 Å². The molecule has 3 heterocycles. The minimum atomic E-state index is -5.00. The molecule has 0 spiro atoms. The number of aromatic nitrogens is 1. The summed E-state index contributed by atoms with van der Waals surface area (Å²) in [6, 6.07) is 3.16. The van der Waals surface area contributed by atoms with Crippen molar-refractivity contribution in [3.63, 3.8) is 0 Å². The molecule has 3 atom stereocenters. The molecule has 3 unspecified atom stereocenters. The van der Waals surface area contributed by atoms with Gasteiger partial charge >= 0.3 is 18.4 Å². The van der Waals surface area contributed by atoms with Crippen LogP contribution >= 0.6 is 0 Å². The van der Waals surface area contributed by atoms with Crippen molar-refractivity contribution in [3.05, 3.63) is 52.7 Å². The first kappa shape index (κ1) is 31.3. The highest BCUT2D eigenvalue weighted by Crippen LogP contribution is 2.42. The third kappa shape index (κ3) is 6.52. The monoisotopic (exact) mass is 612 g/mol. The molecule has 3 fully saturated rings. The standard InChI is InChI=1S/C31H38F6N4O2/c1-4-39(25-10-6-5-7-11-25)28-22(15-26(17-38-28)40-12-8-9-19(40)2)18-41-20(3)27(43-29(41)42)21-13-23(30(32,33)34)16-24(14-21)31(35,36)37/h13-17,19-20,25,27H,4-12,18H2,1-3H3. The van der Waals surface area contributed by atoms with Crippen LogP contribution in [0, 0.1) is 0 Å². The minimum Gasteiger partial charge on any atom is -0.439 e. The average molecular weight is 613 g/mol. The Bertz CT molecular complexity index is 1280. The number of cyclic esters (lactones) is 1. The Balaban J connectivity index is 1.50. The Labute approximate surface area is 248 Å². The number of benzene rings is 1. The number of ether oxygens (including phenoxy) is 1. The zero-order chi connectivity index (χ0) is 31.1. The summed E-state index contributed by atoms with van der Waals surface area (Å²) in [6.07, 6.45) is -2.67. The Hall–Kier alpha value is -3.18. The van der Waals surface area contributed by atoms with Gasteiger partial charge in [0.15, 0.2) is 0 Å². The number of nitrogens with zero attached hydrogens (tertiary/aromatic N) is 4. The average Bonchev–Trinajstić information content (AvgIpc) is 3.51.